The summed E-state index contributed by atoms with van der Waals surface area (Å²) in [5.41, 5.74) is 4.37. The van der Waals surface area contributed by atoms with Crippen LogP contribution in [0.2, 0.25) is 0 Å². The number of hydrogen-bond donors (Lipinski definition) is 1. The number of nitrogens with one attached hydrogen (secondary N) is 1. The number of piperidine rings is 1. The van der Waals surface area contributed by atoms with Crippen molar-refractivity contribution in [3.8, 4) is 11.8 Å². The van der Waals surface area contributed by atoms with Crippen LogP contribution < -0.4 is 10.1 Å². The second-order valence-electron chi connectivity index (χ2n) is 7.05. The van der Waals surface area contributed by atoms with Gasteiger partial charge in [-0.3, -0.25) is 4.90 Å². The van der Waals surface area contributed by atoms with Crippen molar-refractivity contribution in [1.29, 1.82) is 5.26 Å². The fraction of sp³-hybridized carbons (Fsp3) is 0.476. The zero-order valence-corrected chi connectivity index (χ0v) is 16.0. The smallest absolute Gasteiger partial charge is 0.123 e. The van der Waals surface area contributed by atoms with Gasteiger partial charge in [0.25, 0.3) is 0 Å². The Morgan fingerprint density at radius 3 is 2.62 bits per heavy atom. The molecule has 3 rings (SSSR count). The zero-order chi connectivity index (χ0) is 18.5. The number of nitrogens with zero attached hydrogens (tertiary/aromatic N) is 3. The number of aromatic nitrogens is 1. The summed E-state index contributed by atoms with van der Waals surface area (Å²) in [7, 11) is 3.69. The Balaban J connectivity index is 1.49. The molecule has 0 aliphatic carbocycles. The zero-order valence-electron chi connectivity index (χ0n) is 16.0. The quantitative estimate of drug-likeness (QED) is 0.868. The van der Waals surface area contributed by atoms with Gasteiger partial charge in [0.1, 0.15) is 17.5 Å². The molecule has 1 N–H and O–H groups in total. The number of likely N-dealkylation sites (tertiary alicyclic amines) is 1. The van der Waals surface area contributed by atoms with Gasteiger partial charge in [-0.1, -0.05) is 18.2 Å². The minimum Gasteiger partial charge on any atom is -0.496 e. The van der Waals surface area contributed by atoms with Crippen molar-refractivity contribution in [1.82, 2.24) is 14.8 Å². The first-order valence-electron chi connectivity index (χ1n) is 9.25. The Morgan fingerprint density at radius 2 is 1.96 bits per heavy atom. The maximum Gasteiger partial charge on any atom is 0.123 e. The fourth-order valence-electron chi connectivity index (χ4n) is 3.67. The molecule has 0 radical (unpaired) electrons. The third-order valence-corrected chi connectivity index (χ3v) is 5.51. The standard InChI is InChI=1S/C21H28N4O/c1-16-18(12-20(13-22)24(16)2)14-23-19-8-10-25(11-9-19)15-17-6-4-5-7-21(17)26-3/h4-7,12,19,23H,8-11,14-15H2,1-3H3. The van der Waals surface area contributed by atoms with Gasteiger partial charge in [0.15, 0.2) is 0 Å². The van der Waals surface area contributed by atoms with E-state index in [-0.39, 0.29) is 0 Å². The third-order valence-electron chi connectivity index (χ3n) is 5.51. The van der Waals surface area contributed by atoms with E-state index in [9.17, 15) is 0 Å². The van der Waals surface area contributed by atoms with Crippen LogP contribution in [0, 0.1) is 18.3 Å². The van der Waals surface area contributed by atoms with Crippen molar-refractivity contribution in [2.75, 3.05) is 20.2 Å². The van der Waals surface area contributed by atoms with Gasteiger partial charge in [0, 0.05) is 37.4 Å². The molecule has 1 aromatic carbocycles. The molecule has 0 bridgehead atoms. The SMILES string of the molecule is COc1ccccc1CN1CCC(NCc2cc(C#N)n(C)c2C)CC1. The van der Waals surface area contributed by atoms with Gasteiger partial charge in [-0.2, -0.15) is 5.26 Å². The van der Waals surface area contributed by atoms with Gasteiger partial charge in [-0.15, -0.1) is 0 Å². The molecule has 5 nitrogen and oxygen atoms in total. The lowest BCUT2D eigenvalue weighted by Crippen LogP contribution is -2.41. The highest BCUT2D eigenvalue weighted by molar-refractivity contribution is 5.34. The third kappa shape index (κ3) is 4.09. The highest BCUT2D eigenvalue weighted by Crippen LogP contribution is 2.22. The minimum absolute atomic E-state index is 0.536. The van der Waals surface area contributed by atoms with E-state index in [2.05, 4.69) is 35.3 Å². The Morgan fingerprint density at radius 1 is 1.23 bits per heavy atom. The highest BCUT2D eigenvalue weighted by Gasteiger charge is 2.20. The highest BCUT2D eigenvalue weighted by atomic mass is 16.5. The van der Waals surface area contributed by atoms with E-state index in [0.717, 1.165) is 50.5 Å². The second-order valence-corrected chi connectivity index (χ2v) is 7.05. The van der Waals surface area contributed by atoms with Crippen molar-refractivity contribution >= 4 is 0 Å². The topological polar surface area (TPSA) is 53.2 Å². The number of hydrogen-bond acceptors (Lipinski definition) is 4. The van der Waals surface area contributed by atoms with Crippen LogP contribution in [0.1, 0.15) is 35.4 Å². The molecule has 26 heavy (non-hydrogen) atoms. The minimum atomic E-state index is 0.536. The maximum absolute atomic E-state index is 9.16. The fourth-order valence-corrected chi connectivity index (χ4v) is 3.67. The lowest BCUT2D eigenvalue weighted by atomic mass is 10.0. The van der Waals surface area contributed by atoms with Gasteiger partial charge in [0.05, 0.1) is 7.11 Å². The van der Waals surface area contributed by atoms with Gasteiger partial charge in [-0.05, 0) is 50.6 Å². The van der Waals surface area contributed by atoms with Crippen LogP contribution in [0.15, 0.2) is 30.3 Å². The van der Waals surface area contributed by atoms with E-state index in [4.69, 9.17) is 10.00 Å². The summed E-state index contributed by atoms with van der Waals surface area (Å²) in [5.74, 6) is 0.973. The summed E-state index contributed by atoms with van der Waals surface area (Å²) >= 11 is 0. The molecule has 0 spiro atoms. The van der Waals surface area contributed by atoms with Crippen LogP contribution in [0.25, 0.3) is 0 Å². The Kier molecular flexibility index (Phi) is 5.97. The number of rotatable bonds is 6. The molecule has 138 valence electrons. The Labute approximate surface area is 156 Å². The number of nitriles is 1. The average Bonchev–Trinajstić information content (AvgIpc) is 2.95. The number of methoxy groups -OCH3 is 1. The molecular weight excluding hydrogens is 324 g/mol. The number of benzene rings is 1. The molecule has 1 aliphatic heterocycles. The van der Waals surface area contributed by atoms with E-state index in [0.29, 0.717) is 6.04 Å². The van der Waals surface area contributed by atoms with Crippen molar-refractivity contribution in [3.05, 3.63) is 52.8 Å². The van der Waals surface area contributed by atoms with E-state index in [1.54, 1.807) is 7.11 Å². The van der Waals surface area contributed by atoms with E-state index >= 15 is 0 Å². The van der Waals surface area contributed by atoms with Crippen molar-refractivity contribution in [2.45, 2.75) is 38.9 Å². The molecule has 0 atom stereocenters. The largest absolute Gasteiger partial charge is 0.496 e. The first-order chi connectivity index (χ1) is 12.6. The van der Waals surface area contributed by atoms with Crippen LogP contribution in [-0.4, -0.2) is 35.7 Å². The first-order valence-corrected chi connectivity index (χ1v) is 9.25. The molecule has 1 aliphatic rings. The Bertz CT molecular complexity index is 782. The summed E-state index contributed by atoms with van der Waals surface area (Å²) in [6.07, 6.45) is 2.29. The monoisotopic (exact) mass is 352 g/mol. The van der Waals surface area contributed by atoms with E-state index < -0.39 is 0 Å². The van der Waals surface area contributed by atoms with E-state index in [1.807, 2.05) is 29.8 Å². The van der Waals surface area contributed by atoms with Crippen LogP contribution in [0.5, 0.6) is 5.75 Å². The van der Waals surface area contributed by atoms with Gasteiger partial charge in [0.2, 0.25) is 0 Å². The summed E-state index contributed by atoms with van der Waals surface area (Å²) in [6.45, 7) is 6.03. The van der Waals surface area contributed by atoms with Crippen molar-refractivity contribution in [2.24, 2.45) is 7.05 Å². The van der Waals surface area contributed by atoms with Gasteiger partial charge >= 0.3 is 0 Å². The molecule has 0 saturated carbocycles. The average molecular weight is 352 g/mol. The molecule has 1 saturated heterocycles. The van der Waals surface area contributed by atoms with Gasteiger partial charge < -0.3 is 14.6 Å². The van der Waals surface area contributed by atoms with E-state index in [1.165, 1.54) is 16.8 Å². The molecule has 2 aromatic rings. The normalized spacial score (nSPS) is 15.8. The molecule has 1 fully saturated rings. The maximum atomic E-state index is 9.16. The Hall–Kier alpha value is -2.29. The summed E-state index contributed by atoms with van der Waals surface area (Å²) in [5, 5.41) is 12.8. The number of para-hydroxylation sites is 1. The molecule has 2 heterocycles. The molecule has 5 heteroatoms. The molecule has 0 unspecified atom stereocenters. The molecule has 0 amide bonds. The van der Waals surface area contributed by atoms with Crippen LogP contribution in [-0.2, 0) is 20.1 Å². The number of ether oxygens (including phenoxy) is 1. The van der Waals surface area contributed by atoms with Gasteiger partial charge in [-0.25, -0.2) is 0 Å². The van der Waals surface area contributed by atoms with Crippen LogP contribution in [0.3, 0.4) is 0 Å². The van der Waals surface area contributed by atoms with Crippen LogP contribution in [0.4, 0.5) is 0 Å². The first kappa shape index (κ1) is 18.5. The summed E-state index contributed by atoms with van der Waals surface area (Å²) in [6, 6.07) is 13.1. The lowest BCUT2D eigenvalue weighted by Gasteiger charge is -2.32. The summed E-state index contributed by atoms with van der Waals surface area (Å²) < 4.78 is 7.43. The molecule has 1 aromatic heterocycles. The van der Waals surface area contributed by atoms with Crippen molar-refractivity contribution in [3.63, 3.8) is 0 Å². The predicted molar refractivity (Wildman–Crippen MR) is 103 cm³/mol. The van der Waals surface area contributed by atoms with Crippen molar-refractivity contribution < 1.29 is 4.74 Å². The predicted octanol–water partition coefficient (Wildman–Crippen LogP) is 2.97. The second kappa shape index (κ2) is 8.39. The lowest BCUT2D eigenvalue weighted by molar-refractivity contribution is 0.188. The summed E-state index contributed by atoms with van der Waals surface area (Å²) in [4.78, 5) is 2.50. The van der Waals surface area contributed by atoms with Crippen LogP contribution >= 0.6 is 0 Å². The molecular formula is C21H28N4O.